The maximum absolute atomic E-state index is 7.47. The minimum Gasteiger partial charge on any atom is -0.0722 e. The van der Waals surface area contributed by atoms with Crippen molar-refractivity contribution >= 4 is 8.73 Å². The summed E-state index contributed by atoms with van der Waals surface area (Å²) in [5.74, 6) is 0. The lowest BCUT2D eigenvalue weighted by molar-refractivity contribution is 1.06. The zero-order valence-electron chi connectivity index (χ0n) is 5.91. The van der Waals surface area contributed by atoms with E-state index in [1.165, 1.54) is 6.42 Å². The predicted octanol–water partition coefficient (Wildman–Crippen LogP) is 1.88. The molecule has 0 saturated heterocycles. The third-order valence-corrected chi connectivity index (χ3v) is 2.25. The monoisotopic (exact) mass is 103 g/mol. The summed E-state index contributed by atoms with van der Waals surface area (Å²) in [6.45, 7) is 6.30. The lowest BCUT2D eigenvalue weighted by Crippen LogP contribution is -1.95. The van der Waals surface area contributed by atoms with Gasteiger partial charge in [0.25, 0.3) is 0 Å². The van der Waals surface area contributed by atoms with Gasteiger partial charge in [-0.1, -0.05) is 32.5 Å². The zero-order chi connectivity index (χ0) is 5.91. The Morgan fingerprint density at radius 3 is 2.17 bits per heavy atom. The summed E-state index contributed by atoms with van der Waals surface area (Å²) >= 11 is 0. The Hall–Kier alpha value is 0.217. The van der Waals surface area contributed by atoms with Gasteiger partial charge in [-0.15, -0.1) is 0 Å². The number of hydrogen-bond donors (Lipinski definition) is 0. The summed E-state index contributed by atoms with van der Waals surface area (Å²) in [4.78, 5) is 0. The van der Waals surface area contributed by atoms with Crippen LogP contribution in [0.15, 0.2) is 0 Å². The first-order chi connectivity index (χ1) is 3.06. The van der Waals surface area contributed by atoms with Crippen LogP contribution in [0.3, 0.4) is 0 Å². The van der Waals surface area contributed by atoms with Crippen LogP contribution in [0, 0.1) is 0 Å². The molecule has 0 atom stereocenters. The highest BCUT2D eigenvalue weighted by Gasteiger charge is 1.88. The molecule has 0 radical (unpaired) electrons. The molecule has 0 bridgehead atoms. The Morgan fingerprint density at radius 1 is 1.67 bits per heavy atom. The molecule has 38 valence electrons. The molecule has 0 aliphatic carbocycles. The molecule has 0 heterocycles. The molecule has 0 aromatic rings. The van der Waals surface area contributed by atoms with E-state index in [1.54, 1.807) is 0 Å². The molecule has 0 amide bonds. The van der Waals surface area contributed by atoms with Gasteiger partial charge in [-0.3, -0.25) is 0 Å². The van der Waals surface area contributed by atoms with E-state index in [2.05, 4.69) is 20.0 Å². The maximum atomic E-state index is 7.47. The summed E-state index contributed by atoms with van der Waals surface area (Å²) in [6, 6.07) is 1.15. The van der Waals surface area contributed by atoms with Crippen molar-refractivity contribution < 1.29 is 0 Å². The van der Waals surface area contributed by atoms with Crippen LogP contribution < -0.4 is 0 Å². The largest absolute Gasteiger partial charge is 0.0722 e. The summed E-state index contributed by atoms with van der Waals surface area (Å²) in [5, 5.41) is 0. The van der Waals surface area contributed by atoms with E-state index in [0.29, 0.717) is 0 Å². The highest BCUT2D eigenvalue weighted by atomic mass is 28.3. The van der Waals surface area contributed by atoms with Crippen LogP contribution in [-0.4, -0.2) is 9.96 Å². The van der Waals surface area contributed by atoms with Gasteiger partial charge in [0.05, 0.1) is 0 Å². The first-order valence-corrected chi connectivity index (χ1v) is 5.27. The Balaban J connectivity index is 3.15. The van der Waals surface area contributed by atoms with Crippen molar-refractivity contribution in [2.75, 3.05) is 0 Å². The Labute approximate surface area is 43.4 Å². The SMILES string of the molecule is [2H][Si](C)(C)CCC. The fraction of sp³-hybridized carbons (Fsp3) is 1.00. The summed E-state index contributed by atoms with van der Waals surface area (Å²) < 4.78 is 7.47. The normalized spacial score (nSPS) is 14.2. The highest BCUT2D eigenvalue weighted by Crippen LogP contribution is 1.92. The van der Waals surface area contributed by atoms with Crippen molar-refractivity contribution in [2.45, 2.75) is 32.5 Å². The van der Waals surface area contributed by atoms with Crippen LogP contribution in [0.1, 0.15) is 13.3 Å². The van der Waals surface area contributed by atoms with Crippen molar-refractivity contribution in [1.29, 1.82) is 1.23 Å². The zero-order valence-corrected chi connectivity index (χ0v) is 5.91. The smallest absolute Gasteiger partial charge is 0.0305 e. The van der Waals surface area contributed by atoms with Crippen LogP contribution in [-0.2, 0) is 0 Å². The third kappa shape index (κ3) is 4.22. The Kier molecular flexibility index (Phi) is 2.49. The summed E-state index contributed by atoms with van der Waals surface area (Å²) in [5.41, 5.74) is 0. The van der Waals surface area contributed by atoms with Gasteiger partial charge < -0.3 is 0 Å². The van der Waals surface area contributed by atoms with Crippen LogP contribution in [0.4, 0.5) is 0 Å². The number of rotatable bonds is 2. The maximum Gasteiger partial charge on any atom is 0.0305 e. The molecule has 0 aromatic carbocycles. The minimum atomic E-state index is -1.41. The van der Waals surface area contributed by atoms with Crippen molar-refractivity contribution in [2.24, 2.45) is 0 Å². The second kappa shape index (κ2) is 3.41. The van der Waals surface area contributed by atoms with Gasteiger partial charge in [0.15, 0.2) is 0 Å². The van der Waals surface area contributed by atoms with Gasteiger partial charge in [0.2, 0.25) is 0 Å². The molecule has 0 N–H and O–H groups in total. The van der Waals surface area contributed by atoms with Gasteiger partial charge in [0, 0.05) is 9.96 Å². The first-order valence-electron chi connectivity index (χ1n) is 3.06. The predicted molar refractivity (Wildman–Crippen MR) is 34.0 cm³/mol. The topological polar surface area (TPSA) is 0 Å². The standard InChI is InChI=1S/C5H14Si/c1-4-5-6(2)3/h6H,4-5H2,1-3H3/i6D. The van der Waals surface area contributed by atoms with Gasteiger partial charge in [-0.2, -0.15) is 0 Å². The van der Waals surface area contributed by atoms with Crippen molar-refractivity contribution in [3.63, 3.8) is 0 Å². The molecule has 6 heavy (non-hydrogen) atoms. The average molecular weight is 103 g/mol. The van der Waals surface area contributed by atoms with Gasteiger partial charge in [0.1, 0.15) is 0 Å². The van der Waals surface area contributed by atoms with E-state index in [9.17, 15) is 0 Å². The number of hydrogen-bond acceptors (Lipinski definition) is 0. The molecule has 0 nitrogen and oxygen atoms in total. The highest BCUT2D eigenvalue weighted by molar-refractivity contribution is 6.55. The minimum absolute atomic E-state index is 1.15. The van der Waals surface area contributed by atoms with E-state index in [-0.39, 0.29) is 0 Å². The first kappa shape index (κ1) is 4.38. The quantitative estimate of drug-likeness (QED) is 0.468. The molecule has 0 aliphatic rings. The van der Waals surface area contributed by atoms with Crippen molar-refractivity contribution in [1.82, 2.24) is 0 Å². The molecular formula is C5H14Si. The Morgan fingerprint density at radius 2 is 2.17 bits per heavy atom. The fourth-order valence-corrected chi connectivity index (χ4v) is 1.50. The van der Waals surface area contributed by atoms with Crippen LogP contribution >= 0.6 is 0 Å². The van der Waals surface area contributed by atoms with Crippen LogP contribution in [0.25, 0.3) is 0 Å². The second-order valence-electron chi connectivity index (χ2n) is 1.96. The lowest BCUT2D eigenvalue weighted by atomic mass is 10.6. The molecular weight excluding hydrogens is 88.1 g/mol. The molecule has 0 aliphatic heterocycles. The van der Waals surface area contributed by atoms with Crippen LogP contribution in [0.5, 0.6) is 0 Å². The molecule has 0 unspecified atom stereocenters. The van der Waals surface area contributed by atoms with E-state index < -0.39 is 8.73 Å². The van der Waals surface area contributed by atoms with Crippen LogP contribution in [0.2, 0.25) is 19.1 Å². The molecule has 0 aromatic heterocycles. The third-order valence-electron chi connectivity index (χ3n) is 0.750. The van der Waals surface area contributed by atoms with Gasteiger partial charge in [-0.25, -0.2) is 0 Å². The van der Waals surface area contributed by atoms with E-state index in [1.807, 2.05) is 0 Å². The lowest BCUT2D eigenvalue weighted by Gasteiger charge is -1.93. The van der Waals surface area contributed by atoms with E-state index >= 15 is 0 Å². The van der Waals surface area contributed by atoms with E-state index in [4.69, 9.17) is 1.23 Å². The summed E-state index contributed by atoms with van der Waals surface area (Å²) in [7, 11) is -1.41. The molecule has 0 fully saturated rings. The molecule has 1 heteroatoms. The van der Waals surface area contributed by atoms with Crippen molar-refractivity contribution in [3.05, 3.63) is 0 Å². The van der Waals surface area contributed by atoms with Gasteiger partial charge >= 0.3 is 0 Å². The second-order valence-corrected chi connectivity index (χ2v) is 4.87. The summed E-state index contributed by atoms with van der Waals surface area (Å²) in [6.07, 6.45) is 1.18. The van der Waals surface area contributed by atoms with E-state index in [0.717, 1.165) is 6.04 Å². The van der Waals surface area contributed by atoms with Crippen molar-refractivity contribution in [3.8, 4) is 0 Å². The molecule has 0 spiro atoms. The average Bonchev–Trinajstić information content (AvgIpc) is 1.30. The van der Waals surface area contributed by atoms with Gasteiger partial charge in [-0.05, 0) is 0 Å². The molecule has 0 rings (SSSR count). The fourth-order valence-electron chi connectivity index (χ4n) is 0.500. The molecule has 0 saturated carbocycles. The Bertz CT molecular complexity index is 46.5.